The highest BCUT2D eigenvalue weighted by molar-refractivity contribution is 5.33. The second-order valence-corrected chi connectivity index (χ2v) is 4.04. The van der Waals surface area contributed by atoms with Crippen molar-refractivity contribution < 1.29 is 4.74 Å². The summed E-state index contributed by atoms with van der Waals surface area (Å²) in [4.78, 5) is 8.31. The lowest BCUT2D eigenvalue weighted by Crippen LogP contribution is -2.33. The zero-order valence-electron chi connectivity index (χ0n) is 9.57. The molecule has 88 valence electrons. The summed E-state index contributed by atoms with van der Waals surface area (Å²) in [5.74, 6) is 2.01. The highest BCUT2D eigenvalue weighted by Gasteiger charge is 2.12. The summed E-state index contributed by atoms with van der Waals surface area (Å²) in [6.07, 6.45) is 5.86. The van der Waals surface area contributed by atoms with Gasteiger partial charge in [0.2, 0.25) is 5.88 Å². The Morgan fingerprint density at radius 3 is 3.25 bits per heavy atom. The van der Waals surface area contributed by atoms with E-state index in [1.807, 2.05) is 0 Å². The number of rotatable bonds is 4. The van der Waals surface area contributed by atoms with E-state index in [0.29, 0.717) is 11.8 Å². The lowest BCUT2D eigenvalue weighted by atomic mass is 10.00. The second-order valence-electron chi connectivity index (χ2n) is 4.04. The number of aromatic nitrogens is 2. The summed E-state index contributed by atoms with van der Waals surface area (Å²) in [7, 11) is 1.60. The molecule has 0 saturated carbocycles. The molecule has 1 atom stereocenters. The molecule has 2 heterocycles. The number of hydrogen-bond acceptors (Lipinski definition) is 5. The van der Waals surface area contributed by atoms with Gasteiger partial charge in [-0.2, -0.15) is 4.98 Å². The summed E-state index contributed by atoms with van der Waals surface area (Å²) in [6.45, 7) is 3.18. The number of nitrogens with one attached hydrogen (secondary N) is 2. The predicted molar refractivity (Wildman–Crippen MR) is 62.7 cm³/mol. The van der Waals surface area contributed by atoms with Gasteiger partial charge in [0.25, 0.3) is 0 Å². The molecule has 2 rings (SSSR count). The molecule has 5 heteroatoms. The lowest BCUT2D eigenvalue weighted by Gasteiger charge is -2.23. The second kappa shape index (κ2) is 5.65. The van der Waals surface area contributed by atoms with Gasteiger partial charge in [0.1, 0.15) is 5.82 Å². The lowest BCUT2D eigenvalue weighted by molar-refractivity contribution is 0.389. The van der Waals surface area contributed by atoms with Crippen molar-refractivity contribution >= 4 is 5.82 Å². The zero-order chi connectivity index (χ0) is 11.2. The van der Waals surface area contributed by atoms with Crippen LogP contribution in [-0.2, 0) is 0 Å². The number of anilines is 1. The zero-order valence-corrected chi connectivity index (χ0v) is 9.57. The fraction of sp³-hybridized carbons (Fsp3) is 0.636. The van der Waals surface area contributed by atoms with Crippen LogP contribution in [0.3, 0.4) is 0 Å². The third-order valence-electron chi connectivity index (χ3n) is 2.79. The molecular formula is C11H18N4O. The van der Waals surface area contributed by atoms with E-state index in [0.717, 1.165) is 25.5 Å². The van der Waals surface area contributed by atoms with E-state index in [-0.39, 0.29) is 0 Å². The summed E-state index contributed by atoms with van der Waals surface area (Å²) >= 11 is 0. The van der Waals surface area contributed by atoms with Crippen molar-refractivity contribution in [1.29, 1.82) is 0 Å². The molecule has 0 amide bonds. The molecule has 0 aromatic carbocycles. The van der Waals surface area contributed by atoms with Crippen molar-refractivity contribution in [3.05, 3.63) is 12.4 Å². The van der Waals surface area contributed by atoms with Crippen LogP contribution < -0.4 is 15.4 Å². The molecule has 1 saturated heterocycles. The van der Waals surface area contributed by atoms with E-state index in [1.54, 1.807) is 19.5 Å². The SMILES string of the molecule is COc1cncc(NCC2CCCNC2)n1. The van der Waals surface area contributed by atoms with Crippen LogP contribution in [0.5, 0.6) is 5.88 Å². The van der Waals surface area contributed by atoms with Crippen LogP contribution >= 0.6 is 0 Å². The molecule has 2 N–H and O–H groups in total. The van der Waals surface area contributed by atoms with Crippen LogP contribution in [0.2, 0.25) is 0 Å². The number of hydrogen-bond donors (Lipinski definition) is 2. The highest BCUT2D eigenvalue weighted by atomic mass is 16.5. The summed E-state index contributed by atoms with van der Waals surface area (Å²) in [5, 5.41) is 6.69. The van der Waals surface area contributed by atoms with Gasteiger partial charge in [-0.05, 0) is 31.8 Å². The first kappa shape index (κ1) is 11.1. The van der Waals surface area contributed by atoms with Crippen LogP contribution in [0.1, 0.15) is 12.8 Å². The normalized spacial score (nSPS) is 20.4. The van der Waals surface area contributed by atoms with Crippen molar-refractivity contribution in [2.24, 2.45) is 5.92 Å². The minimum Gasteiger partial charge on any atom is -0.480 e. The first-order valence-electron chi connectivity index (χ1n) is 5.69. The van der Waals surface area contributed by atoms with Crippen molar-refractivity contribution in [2.45, 2.75) is 12.8 Å². The molecule has 1 aromatic rings. The van der Waals surface area contributed by atoms with Crippen molar-refractivity contribution in [3.63, 3.8) is 0 Å². The Morgan fingerprint density at radius 2 is 2.50 bits per heavy atom. The molecule has 5 nitrogen and oxygen atoms in total. The maximum absolute atomic E-state index is 5.02. The van der Waals surface area contributed by atoms with Gasteiger partial charge in [0.05, 0.1) is 19.5 Å². The highest BCUT2D eigenvalue weighted by Crippen LogP contribution is 2.12. The predicted octanol–water partition coefficient (Wildman–Crippen LogP) is 0.897. The van der Waals surface area contributed by atoms with E-state index in [4.69, 9.17) is 4.74 Å². The number of nitrogens with zero attached hydrogens (tertiary/aromatic N) is 2. The van der Waals surface area contributed by atoms with Gasteiger partial charge in [-0.15, -0.1) is 0 Å². The van der Waals surface area contributed by atoms with Crippen LogP contribution in [0, 0.1) is 5.92 Å². The number of piperidine rings is 1. The minimum absolute atomic E-state index is 0.548. The molecule has 1 aliphatic rings. The van der Waals surface area contributed by atoms with E-state index >= 15 is 0 Å². The first-order valence-corrected chi connectivity index (χ1v) is 5.69. The Bertz CT molecular complexity index is 326. The van der Waals surface area contributed by atoms with Crippen LogP contribution in [0.4, 0.5) is 5.82 Å². The molecule has 0 spiro atoms. The summed E-state index contributed by atoms with van der Waals surface area (Å²) in [6, 6.07) is 0. The van der Waals surface area contributed by atoms with E-state index in [9.17, 15) is 0 Å². The van der Waals surface area contributed by atoms with Crippen LogP contribution in [0.25, 0.3) is 0 Å². The summed E-state index contributed by atoms with van der Waals surface area (Å²) in [5.41, 5.74) is 0. The average molecular weight is 222 g/mol. The van der Waals surface area contributed by atoms with E-state index < -0.39 is 0 Å². The molecule has 1 aliphatic heterocycles. The Kier molecular flexibility index (Phi) is 3.93. The van der Waals surface area contributed by atoms with Gasteiger partial charge in [0, 0.05) is 6.54 Å². The molecule has 1 aromatic heterocycles. The largest absolute Gasteiger partial charge is 0.480 e. The average Bonchev–Trinajstić information content (AvgIpc) is 2.38. The Hall–Kier alpha value is -1.36. The maximum atomic E-state index is 5.02. The van der Waals surface area contributed by atoms with Crippen LogP contribution in [0.15, 0.2) is 12.4 Å². The smallest absolute Gasteiger partial charge is 0.233 e. The fourth-order valence-electron chi connectivity index (χ4n) is 1.88. The van der Waals surface area contributed by atoms with Gasteiger partial charge >= 0.3 is 0 Å². The Morgan fingerprint density at radius 1 is 1.56 bits per heavy atom. The number of ether oxygens (including phenoxy) is 1. The minimum atomic E-state index is 0.548. The van der Waals surface area contributed by atoms with Gasteiger partial charge in [-0.1, -0.05) is 0 Å². The molecule has 1 fully saturated rings. The molecule has 0 bridgehead atoms. The van der Waals surface area contributed by atoms with Crippen molar-refractivity contribution in [3.8, 4) is 5.88 Å². The standard InChI is InChI=1S/C11H18N4O/c1-16-11-8-13-7-10(15-11)14-6-9-3-2-4-12-5-9/h7-9,12H,2-6H2,1H3,(H,14,15). The molecule has 16 heavy (non-hydrogen) atoms. The maximum Gasteiger partial charge on any atom is 0.233 e. The van der Waals surface area contributed by atoms with Crippen LogP contribution in [-0.4, -0.2) is 36.7 Å². The third-order valence-corrected chi connectivity index (χ3v) is 2.79. The third kappa shape index (κ3) is 3.06. The van der Waals surface area contributed by atoms with Crippen molar-refractivity contribution in [1.82, 2.24) is 15.3 Å². The van der Waals surface area contributed by atoms with Gasteiger partial charge in [-0.3, -0.25) is 4.98 Å². The molecule has 1 unspecified atom stereocenters. The quantitative estimate of drug-likeness (QED) is 0.792. The molecular weight excluding hydrogens is 204 g/mol. The van der Waals surface area contributed by atoms with Gasteiger partial charge in [0.15, 0.2) is 0 Å². The van der Waals surface area contributed by atoms with Gasteiger partial charge in [-0.25, -0.2) is 0 Å². The Balaban J connectivity index is 1.83. The Labute approximate surface area is 95.6 Å². The van der Waals surface area contributed by atoms with Gasteiger partial charge < -0.3 is 15.4 Å². The molecule has 0 radical (unpaired) electrons. The fourth-order valence-corrected chi connectivity index (χ4v) is 1.88. The van der Waals surface area contributed by atoms with Crippen molar-refractivity contribution in [2.75, 3.05) is 32.1 Å². The summed E-state index contributed by atoms with van der Waals surface area (Å²) < 4.78 is 5.02. The molecule has 0 aliphatic carbocycles. The topological polar surface area (TPSA) is 59.1 Å². The first-order chi connectivity index (χ1) is 7.88. The van der Waals surface area contributed by atoms with E-state index in [1.165, 1.54) is 12.8 Å². The number of methoxy groups -OCH3 is 1. The monoisotopic (exact) mass is 222 g/mol. The van der Waals surface area contributed by atoms with E-state index in [2.05, 4.69) is 20.6 Å².